The number of benzene rings is 2. The Kier molecular flexibility index (Phi) is 7.10. The number of phenolic OH excluding ortho intramolecular Hbond substituents is 1. The van der Waals surface area contributed by atoms with Crippen molar-refractivity contribution in [1.82, 2.24) is 4.90 Å². The second-order valence-corrected chi connectivity index (χ2v) is 10.3. The summed E-state index contributed by atoms with van der Waals surface area (Å²) in [4.78, 5) is 15.4. The van der Waals surface area contributed by atoms with Crippen LogP contribution in [0.25, 0.3) is 0 Å². The van der Waals surface area contributed by atoms with Gasteiger partial charge < -0.3 is 14.7 Å². The number of carbonyl (C=O) groups is 1. The van der Waals surface area contributed by atoms with Crippen LogP contribution in [0.2, 0.25) is 0 Å². The highest BCUT2D eigenvalue weighted by atomic mass is 16.6. The fourth-order valence-electron chi connectivity index (χ4n) is 4.59. The van der Waals surface area contributed by atoms with Gasteiger partial charge in [-0.3, -0.25) is 4.79 Å². The molecule has 168 valence electrons. The molecule has 0 saturated carbocycles. The van der Waals surface area contributed by atoms with E-state index in [0.29, 0.717) is 24.6 Å². The van der Waals surface area contributed by atoms with Crippen LogP contribution in [0.15, 0.2) is 54.6 Å². The monoisotopic (exact) mass is 423 g/mol. The lowest BCUT2D eigenvalue weighted by molar-refractivity contribution is -0.160. The molecule has 1 aliphatic heterocycles. The van der Waals surface area contributed by atoms with E-state index in [-0.39, 0.29) is 17.3 Å². The minimum absolute atomic E-state index is 0.0100. The summed E-state index contributed by atoms with van der Waals surface area (Å²) in [5.74, 6) is 0.407. The van der Waals surface area contributed by atoms with E-state index >= 15 is 0 Å². The van der Waals surface area contributed by atoms with E-state index in [4.69, 9.17) is 4.74 Å². The molecule has 1 fully saturated rings. The second-order valence-electron chi connectivity index (χ2n) is 10.3. The van der Waals surface area contributed by atoms with Gasteiger partial charge in [-0.1, -0.05) is 56.3 Å². The van der Waals surface area contributed by atoms with Crippen molar-refractivity contribution < 1.29 is 14.6 Å². The number of phenols is 1. The van der Waals surface area contributed by atoms with Crippen LogP contribution >= 0.6 is 0 Å². The molecule has 1 heterocycles. The zero-order valence-corrected chi connectivity index (χ0v) is 19.6. The van der Waals surface area contributed by atoms with Crippen LogP contribution < -0.4 is 0 Å². The Morgan fingerprint density at radius 1 is 1.19 bits per heavy atom. The largest absolute Gasteiger partial charge is 0.508 e. The van der Waals surface area contributed by atoms with Crippen LogP contribution in [0, 0.1) is 11.8 Å². The maximum Gasteiger partial charge on any atom is 0.311 e. The Morgan fingerprint density at radius 3 is 2.52 bits per heavy atom. The van der Waals surface area contributed by atoms with Gasteiger partial charge in [-0.2, -0.15) is 0 Å². The number of carbonyl (C=O) groups excluding carboxylic acids is 1. The molecule has 4 nitrogen and oxygen atoms in total. The summed E-state index contributed by atoms with van der Waals surface area (Å²) in [6, 6.07) is 17.9. The van der Waals surface area contributed by atoms with Crippen molar-refractivity contribution in [2.75, 3.05) is 19.6 Å². The SMILES string of the molecule is C[C@H]1CN(C[C@H](Cc2ccccc2)C(=O)OC(C)(C)C)CC[C@@]1(C)c1cccc(O)c1. The van der Waals surface area contributed by atoms with Crippen molar-refractivity contribution in [2.45, 2.75) is 58.5 Å². The van der Waals surface area contributed by atoms with E-state index in [1.807, 2.05) is 51.1 Å². The molecule has 4 heteroatoms. The number of hydrogen-bond acceptors (Lipinski definition) is 4. The number of aromatic hydroxyl groups is 1. The van der Waals surface area contributed by atoms with Crippen molar-refractivity contribution >= 4 is 5.97 Å². The molecule has 0 bridgehead atoms. The minimum Gasteiger partial charge on any atom is -0.508 e. The summed E-state index contributed by atoms with van der Waals surface area (Å²) in [7, 11) is 0. The van der Waals surface area contributed by atoms with Gasteiger partial charge in [-0.25, -0.2) is 0 Å². The first-order valence-corrected chi connectivity index (χ1v) is 11.4. The summed E-state index contributed by atoms with van der Waals surface area (Å²) >= 11 is 0. The average molecular weight is 424 g/mol. The highest BCUT2D eigenvalue weighted by Gasteiger charge is 2.39. The molecular weight excluding hydrogens is 386 g/mol. The van der Waals surface area contributed by atoms with E-state index < -0.39 is 5.60 Å². The summed E-state index contributed by atoms with van der Waals surface area (Å²) in [5.41, 5.74) is 1.87. The van der Waals surface area contributed by atoms with Crippen molar-refractivity contribution in [3.8, 4) is 5.75 Å². The maximum absolute atomic E-state index is 13.0. The zero-order chi connectivity index (χ0) is 22.6. The molecule has 0 aliphatic carbocycles. The molecule has 0 unspecified atom stereocenters. The van der Waals surface area contributed by atoms with Crippen LogP contribution in [-0.2, 0) is 21.4 Å². The van der Waals surface area contributed by atoms with Crippen molar-refractivity contribution in [2.24, 2.45) is 11.8 Å². The van der Waals surface area contributed by atoms with Crippen molar-refractivity contribution in [1.29, 1.82) is 0 Å². The van der Waals surface area contributed by atoms with Crippen molar-refractivity contribution in [3.63, 3.8) is 0 Å². The fourth-order valence-corrected chi connectivity index (χ4v) is 4.59. The third kappa shape index (κ3) is 6.10. The highest BCUT2D eigenvalue weighted by Crippen LogP contribution is 2.40. The first-order chi connectivity index (χ1) is 14.6. The normalized spacial score (nSPS) is 23.3. The van der Waals surface area contributed by atoms with Gasteiger partial charge in [0.1, 0.15) is 11.4 Å². The predicted octanol–water partition coefficient (Wildman–Crippen LogP) is 5.19. The Hall–Kier alpha value is -2.33. The number of rotatable bonds is 6. The first kappa shape index (κ1) is 23.3. The standard InChI is InChI=1S/C27H37NO3/c1-20-18-28(15-14-27(20,5)23-12-9-13-24(29)17-23)19-22(25(30)31-26(2,3)4)16-21-10-7-6-8-11-21/h6-13,17,20,22,29H,14-16,18-19H2,1-5H3/t20-,22-,27+/m0/s1. The molecule has 31 heavy (non-hydrogen) atoms. The van der Waals surface area contributed by atoms with Gasteiger partial charge in [0.2, 0.25) is 0 Å². The van der Waals surface area contributed by atoms with E-state index in [2.05, 4.69) is 36.9 Å². The molecule has 0 amide bonds. The highest BCUT2D eigenvalue weighted by molar-refractivity contribution is 5.73. The molecule has 2 aromatic rings. The third-order valence-corrected chi connectivity index (χ3v) is 6.62. The van der Waals surface area contributed by atoms with Crippen LogP contribution in [0.1, 0.15) is 52.2 Å². The van der Waals surface area contributed by atoms with Gasteiger partial charge in [-0.05, 0) is 74.8 Å². The van der Waals surface area contributed by atoms with E-state index in [1.54, 1.807) is 6.07 Å². The molecule has 1 aliphatic rings. The number of hydrogen-bond donors (Lipinski definition) is 1. The maximum atomic E-state index is 13.0. The Morgan fingerprint density at radius 2 is 1.90 bits per heavy atom. The zero-order valence-electron chi connectivity index (χ0n) is 19.6. The summed E-state index contributed by atoms with van der Waals surface area (Å²) in [6.07, 6.45) is 1.68. The molecule has 0 spiro atoms. The molecule has 3 atom stereocenters. The summed E-state index contributed by atoms with van der Waals surface area (Å²) in [5, 5.41) is 9.95. The number of piperidine rings is 1. The Labute approximate surface area is 187 Å². The van der Waals surface area contributed by atoms with Crippen LogP contribution in [0.5, 0.6) is 5.75 Å². The van der Waals surface area contributed by atoms with Gasteiger partial charge in [-0.15, -0.1) is 0 Å². The Bertz CT molecular complexity index is 874. The van der Waals surface area contributed by atoms with E-state index in [1.165, 1.54) is 5.56 Å². The van der Waals surface area contributed by atoms with Gasteiger partial charge in [0.25, 0.3) is 0 Å². The van der Waals surface area contributed by atoms with E-state index in [0.717, 1.165) is 25.1 Å². The quantitative estimate of drug-likeness (QED) is 0.650. The average Bonchev–Trinajstić information content (AvgIpc) is 2.70. The van der Waals surface area contributed by atoms with Crippen molar-refractivity contribution in [3.05, 3.63) is 65.7 Å². The van der Waals surface area contributed by atoms with Gasteiger partial charge in [0, 0.05) is 13.1 Å². The van der Waals surface area contributed by atoms with Crippen LogP contribution in [0.4, 0.5) is 0 Å². The third-order valence-electron chi connectivity index (χ3n) is 6.62. The topological polar surface area (TPSA) is 49.8 Å². The number of ether oxygens (including phenoxy) is 1. The Balaban J connectivity index is 1.72. The fraction of sp³-hybridized carbons (Fsp3) is 0.519. The lowest BCUT2D eigenvalue weighted by Crippen LogP contribution is -2.49. The lowest BCUT2D eigenvalue weighted by atomic mass is 9.68. The summed E-state index contributed by atoms with van der Waals surface area (Å²) in [6.45, 7) is 12.9. The second kappa shape index (κ2) is 9.44. The smallest absolute Gasteiger partial charge is 0.311 e. The predicted molar refractivity (Wildman–Crippen MR) is 125 cm³/mol. The van der Waals surface area contributed by atoms with Gasteiger partial charge >= 0.3 is 5.97 Å². The molecule has 0 radical (unpaired) electrons. The molecule has 0 aromatic heterocycles. The summed E-state index contributed by atoms with van der Waals surface area (Å²) < 4.78 is 5.77. The van der Waals surface area contributed by atoms with Gasteiger partial charge in [0.05, 0.1) is 5.92 Å². The number of esters is 1. The van der Waals surface area contributed by atoms with E-state index in [9.17, 15) is 9.90 Å². The minimum atomic E-state index is -0.491. The first-order valence-electron chi connectivity index (χ1n) is 11.4. The van der Waals surface area contributed by atoms with Crippen LogP contribution in [0.3, 0.4) is 0 Å². The molecule has 1 saturated heterocycles. The molecule has 2 aromatic carbocycles. The van der Waals surface area contributed by atoms with Gasteiger partial charge in [0.15, 0.2) is 0 Å². The number of nitrogens with zero attached hydrogens (tertiary/aromatic N) is 1. The molecule has 3 rings (SSSR count). The number of likely N-dealkylation sites (tertiary alicyclic amines) is 1. The van der Waals surface area contributed by atoms with Crippen LogP contribution in [-0.4, -0.2) is 41.2 Å². The molecular formula is C27H37NO3. The lowest BCUT2D eigenvalue weighted by Gasteiger charge is -2.45. The molecule has 1 N–H and O–H groups in total.